The van der Waals surface area contributed by atoms with E-state index in [4.69, 9.17) is 38.9 Å². The number of amides is 7. The first-order valence-electron chi connectivity index (χ1n) is 45.1. The highest BCUT2D eigenvalue weighted by molar-refractivity contribution is 6.04. The molecule has 4 aliphatic carbocycles. The standard InChI is InChI=1S/C54H60N6O6.C47H55N7O6/c1-28(2)47(58-53(63)65-5)50(61)45-36-15-16-37(24-36)46(45)51-56-42-22-19-35(26-43(42)57-51)33-13-9-31(10-14-33)30-7-11-32(12-8-30)34-18-21-41-39(23-34)27-44(55-41)49-38-17-20-40(25-38)60(49)52(62)48(29(3)4)59-54(64)66-6;1-26(2)40(51-46(57)59-5)44(55)53-21-7-8-39(53)43-48-25-38(50-43)31-15-13-29(14-16-31)28-9-11-30(12-10-28)32-18-20-36-34(22-32)24-37(49-36)42-33-17-19-35(23-33)54(42)45(56)41(27(3)4)52-47(58)60-6/h7-14,18-19,21-23,26,28-29,36-38,40,45-49H,15-17,20,24-25,27H2,1-6H3,(H,56,57)(H,58,63)(H,59,64);9-16,18,20,22,25-27,33,35,39-42H,7-8,17,19,21,23-24H2,1-6H3,(H,48,50)(H,51,57)(H,52,58)/t36-,37+,38+,40-,45?,46-,47+,48+,49+;33-,35+,39-,40-,41-,42-/m10/s1. The number of aromatic amines is 2. The molecular formula is C101H115N13O12. The van der Waals surface area contributed by atoms with Crippen molar-refractivity contribution in [3.05, 3.63) is 181 Å². The number of fused-ring (bicyclic) bond motifs is 9. The van der Waals surface area contributed by atoms with E-state index in [0.29, 0.717) is 43.1 Å². The Morgan fingerprint density at radius 2 is 0.794 bits per heavy atom. The molecule has 5 aliphatic heterocycles. The molecule has 6 N–H and O–H groups in total. The number of nitrogens with one attached hydrogen (secondary N) is 6. The Morgan fingerprint density at radius 3 is 1.24 bits per heavy atom. The molecule has 0 radical (unpaired) electrons. The lowest BCUT2D eigenvalue weighted by Crippen LogP contribution is -2.57. The van der Waals surface area contributed by atoms with E-state index >= 15 is 0 Å². The van der Waals surface area contributed by atoms with Crippen LogP contribution < -0.4 is 21.3 Å². The molecule has 18 rings (SSSR count). The molecule has 0 spiro atoms. The van der Waals surface area contributed by atoms with Gasteiger partial charge in [0.15, 0.2) is 5.78 Å². The Morgan fingerprint density at radius 1 is 0.405 bits per heavy atom. The number of nitrogens with zero attached hydrogens (tertiary/aromatic N) is 7. The third kappa shape index (κ3) is 16.9. The number of hydrogen-bond acceptors (Lipinski definition) is 16. The van der Waals surface area contributed by atoms with Crippen molar-refractivity contribution in [2.75, 3.05) is 35.0 Å². The van der Waals surface area contributed by atoms with Gasteiger partial charge in [-0.2, -0.15) is 0 Å². The molecule has 7 fully saturated rings. The molecule has 3 saturated heterocycles. The minimum Gasteiger partial charge on any atom is -0.453 e. The molecule has 9 aliphatic rings. The first-order chi connectivity index (χ1) is 60.8. The van der Waals surface area contributed by atoms with Crippen molar-refractivity contribution in [1.29, 1.82) is 0 Å². The van der Waals surface area contributed by atoms with Gasteiger partial charge in [0, 0.05) is 54.7 Å². The van der Waals surface area contributed by atoms with Gasteiger partial charge in [-0.05, 0) is 227 Å². The number of H-pyrrole nitrogens is 2. The molecule has 7 amide bonds. The fourth-order valence-electron chi connectivity index (χ4n) is 22.0. The third-order valence-corrected chi connectivity index (χ3v) is 28.4. The number of hydrogen-bond donors (Lipinski definition) is 6. The number of benzene rings is 7. The normalized spacial score (nSPS) is 23.2. The second-order valence-corrected chi connectivity index (χ2v) is 37.3. The molecule has 25 nitrogen and oxygen atoms in total. The molecule has 6 bridgehead atoms. The van der Waals surface area contributed by atoms with Crippen molar-refractivity contribution >= 4 is 81.7 Å². The van der Waals surface area contributed by atoms with Crippen LogP contribution in [0.2, 0.25) is 0 Å². The summed E-state index contributed by atoms with van der Waals surface area (Å²) < 4.78 is 19.3. The zero-order valence-electron chi connectivity index (χ0n) is 73.9. The summed E-state index contributed by atoms with van der Waals surface area (Å²) in [7, 11) is 5.27. The van der Waals surface area contributed by atoms with Crippen LogP contribution in [0.3, 0.4) is 0 Å². The number of likely N-dealkylation sites (tertiary alicyclic amines) is 3. The SMILES string of the molecule is COC(=O)N[C@H](C(=O)C1[C@@H]2CC[C@@H](C2)[C@H]1c1nc2ccc(-c3ccc(-c4ccc(-c5ccc6c(c5)CC([C@@H]5[C@H]7CC[C@H](C7)N5C(=O)[C@@H](NC(=O)OC)C(C)C)=N6)cc4)cc3)cc2[nH]1)C(C)C.COC(=O)N[C@H](C(=O)N1CCC[C@H]1c1ncc(-c2ccc(-c3ccc(-c4ccc5c(c4)CC([C@@H]4[C@H]6CC[C@H](C6)N4C(=O)[C@@H](NC(=O)OC)C(C)C)=N5)cc3)cc2)[nH]1)C(C)C. The van der Waals surface area contributed by atoms with Crippen LogP contribution in [0.4, 0.5) is 30.6 Å². The largest absolute Gasteiger partial charge is 0.453 e. The van der Waals surface area contributed by atoms with Crippen molar-refractivity contribution in [2.45, 2.75) is 199 Å². The van der Waals surface area contributed by atoms with Gasteiger partial charge in [0.25, 0.3) is 0 Å². The van der Waals surface area contributed by atoms with E-state index in [0.717, 1.165) is 189 Å². The number of piperidine rings is 2. The number of Topliss-reactive ketones (excluding diaryl/α,β-unsaturated/α-hetero) is 1. The Kier molecular flexibility index (Phi) is 24.5. The van der Waals surface area contributed by atoms with Crippen LogP contribution in [0.25, 0.3) is 77.9 Å². The molecule has 9 aromatic rings. The van der Waals surface area contributed by atoms with Crippen molar-refractivity contribution in [3.63, 3.8) is 0 Å². The van der Waals surface area contributed by atoms with Crippen LogP contribution in [-0.2, 0) is 51.0 Å². The molecule has 7 heterocycles. The Bertz CT molecular complexity index is 5700. The van der Waals surface area contributed by atoms with E-state index in [1.807, 2.05) is 76.3 Å². The molecule has 656 valence electrons. The fourth-order valence-corrected chi connectivity index (χ4v) is 22.0. The van der Waals surface area contributed by atoms with Gasteiger partial charge in [0.1, 0.15) is 29.8 Å². The van der Waals surface area contributed by atoms with Gasteiger partial charge >= 0.3 is 24.4 Å². The highest BCUT2D eigenvalue weighted by atomic mass is 16.5. The lowest BCUT2D eigenvalue weighted by atomic mass is 9.73. The van der Waals surface area contributed by atoms with Gasteiger partial charge < -0.3 is 64.9 Å². The van der Waals surface area contributed by atoms with Gasteiger partial charge in [-0.15, -0.1) is 0 Å². The zero-order valence-corrected chi connectivity index (χ0v) is 73.9. The average molecular weight is 1700 g/mol. The topological polar surface area (TPSA) is 313 Å². The minimum absolute atomic E-state index is 0.00687. The minimum atomic E-state index is -0.683. The summed E-state index contributed by atoms with van der Waals surface area (Å²) in [6.07, 6.45) is 11.7. The van der Waals surface area contributed by atoms with Crippen LogP contribution >= 0.6 is 0 Å². The summed E-state index contributed by atoms with van der Waals surface area (Å²) in [6, 6.07) is 51.0. The summed E-state index contributed by atoms with van der Waals surface area (Å²) in [5, 5.41) is 11.1. The lowest BCUT2D eigenvalue weighted by Gasteiger charge is -2.38. The monoisotopic (exact) mass is 1700 g/mol. The van der Waals surface area contributed by atoms with Crippen molar-refractivity contribution in [3.8, 4) is 66.9 Å². The highest BCUT2D eigenvalue weighted by Gasteiger charge is 2.56. The predicted molar refractivity (Wildman–Crippen MR) is 485 cm³/mol. The van der Waals surface area contributed by atoms with Crippen LogP contribution in [-0.4, -0.2) is 177 Å². The van der Waals surface area contributed by atoms with E-state index < -0.39 is 48.5 Å². The number of alkyl carbamates (subject to hydrolysis) is 4. The Labute approximate surface area is 735 Å². The first-order valence-corrected chi connectivity index (χ1v) is 45.1. The number of aliphatic imine (C=N–C) groups is 2. The van der Waals surface area contributed by atoms with E-state index in [2.05, 4.69) is 183 Å². The predicted octanol–water partition coefficient (Wildman–Crippen LogP) is 17.9. The van der Waals surface area contributed by atoms with Crippen LogP contribution in [0, 0.1) is 53.3 Å². The number of aromatic nitrogens is 4. The van der Waals surface area contributed by atoms with Crippen molar-refractivity contribution in [2.24, 2.45) is 63.2 Å². The molecule has 126 heavy (non-hydrogen) atoms. The van der Waals surface area contributed by atoms with Gasteiger partial charge in [-0.1, -0.05) is 171 Å². The van der Waals surface area contributed by atoms with Crippen molar-refractivity contribution < 1.29 is 57.3 Å². The lowest BCUT2D eigenvalue weighted by molar-refractivity contribution is -0.138. The molecular weight excluding hydrogens is 1590 g/mol. The molecule has 1 unspecified atom stereocenters. The van der Waals surface area contributed by atoms with Crippen molar-refractivity contribution in [1.82, 2.24) is 55.9 Å². The summed E-state index contributed by atoms with van der Waals surface area (Å²) in [5.74, 6) is 2.36. The summed E-state index contributed by atoms with van der Waals surface area (Å²) in [5.41, 5.74) is 21.2. The number of ether oxygens (including phenoxy) is 4. The quantitative estimate of drug-likeness (QED) is 0.0325. The Hall–Kier alpha value is -12.3. The average Bonchev–Trinajstić information content (AvgIpc) is 1.59. The maximum atomic E-state index is 14.1. The number of rotatable bonds is 23. The van der Waals surface area contributed by atoms with Crippen LogP contribution in [0.15, 0.2) is 168 Å². The van der Waals surface area contributed by atoms with Gasteiger partial charge in [-0.25, -0.2) is 29.1 Å². The highest BCUT2D eigenvalue weighted by Crippen LogP contribution is 2.58. The number of ketones is 1. The van der Waals surface area contributed by atoms with E-state index in [1.54, 1.807) is 0 Å². The van der Waals surface area contributed by atoms with E-state index in [-0.39, 0.29) is 89.2 Å². The van der Waals surface area contributed by atoms with Gasteiger partial charge in [0.05, 0.1) is 86.9 Å². The maximum absolute atomic E-state index is 14.1. The fraction of sp³-hybridized carbons (Fsp3) is 0.446. The summed E-state index contributed by atoms with van der Waals surface area (Å²) in [6.45, 7) is 16.1. The number of carbonyl (C=O) groups excluding carboxylic acids is 8. The maximum Gasteiger partial charge on any atom is 0.407 e. The van der Waals surface area contributed by atoms with Gasteiger partial charge in [0.2, 0.25) is 17.7 Å². The first kappa shape index (κ1) is 85.9. The molecule has 2 aromatic heterocycles. The number of carbonyl (C=O) groups is 8. The second kappa shape index (κ2) is 36.0. The summed E-state index contributed by atoms with van der Waals surface area (Å²) >= 11 is 0. The molecule has 4 saturated carbocycles. The van der Waals surface area contributed by atoms with Crippen LogP contribution in [0.1, 0.15) is 161 Å². The smallest absolute Gasteiger partial charge is 0.407 e. The molecule has 25 heteroatoms. The molecule has 15 atom stereocenters. The third-order valence-electron chi connectivity index (χ3n) is 28.4. The van der Waals surface area contributed by atoms with Crippen LogP contribution in [0.5, 0.6) is 0 Å². The number of imidazole rings is 2. The second-order valence-electron chi connectivity index (χ2n) is 37.3. The van der Waals surface area contributed by atoms with E-state index in [1.165, 1.54) is 34.0 Å². The zero-order chi connectivity index (χ0) is 88.2. The number of methoxy groups -OCH3 is 4. The summed E-state index contributed by atoms with van der Waals surface area (Å²) in [4.78, 5) is 137. The van der Waals surface area contributed by atoms with Gasteiger partial charge in [-0.3, -0.25) is 29.2 Å². The Balaban J connectivity index is 0.000000179. The molecule has 7 aromatic carbocycles. The van der Waals surface area contributed by atoms with E-state index in [9.17, 15) is 38.4 Å².